The Kier molecular flexibility index (Phi) is 3.63. The lowest BCUT2D eigenvalue weighted by molar-refractivity contribution is 0.0958. The third-order valence-corrected chi connectivity index (χ3v) is 3.94. The lowest BCUT2D eigenvalue weighted by Gasteiger charge is -2.11. The number of halogens is 2. The van der Waals surface area contributed by atoms with Crippen LogP contribution in [0.25, 0.3) is 0 Å². The van der Waals surface area contributed by atoms with Crippen LogP contribution in [-0.2, 0) is 11.3 Å². The highest BCUT2D eigenvalue weighted by atomic mass is 127. The van der Waals surface area contributed by atoms with Crippen molar-refractivity contribution in [2.45, 2.75) is 25.5 Å². The normalized spacial score (nSPS) is 20.8. The molecule has 0 N–H and O–H groups in total. The highest BCUT2D eigenvalue weighted by molar-refractivity contribution is 14.1. The number of hydrogen-bond donors (Lipinski definition) is 0. The van der Waals surface area contributed by atoms with E-state index in [0.29, 0.717) is 10.1 Å². The van der Waals surface area contributed by atoms with E-state index >= 15 is 0 Å². The lowest BCUT2D eigenvalue weighted by atomic mass is 10.2. The van der Waals surface area contributed by atoms with Gasteiger partial charge in [0.15, 0.2) is 0 Å². The predicted molar refractivity (Wildman–Crippen MR) is 65.2 cm³/mol. The summed E-state index contributed by atoms with van der Waals surface area (Å²) in [5.74, 6) is 0. The van der Waals surface area contributed by atoms with Crippen molar-refractivity contribution in [3.05, 3.63) is 25.4 Å². The fourth-order valence-electron chi connectivity index (χ4n) is 1.58. The molecule has 6 heteroatoms. The molecule has 15 heavy (non-hydrogen) atoms. The molecule has 1 aromatic heterocycles. The number of aromatic nitrogens is 2. The topological polar surface area (TPSA) is 44.1 Å². The summed E-state index contributed by atoms with van der Waals surface area (Å²) in [4.78, 5) is 15.7. The summed E-state index contributed by atoms with van der Waals surface area (Å²) in [5, 5.41) is 0.268. The van der Waals surface area contributed by atoms with Crippen molar-refractivity contribution in [3.63, 3.8) is 0 Å². The fourth-order valence-corrected chi connectivity index (χ4v) is 2.16. The van der Waals surface area contributed by atoms with Crippen molar-refractivity contribution in [2.75, 3.05) is 6.61 Å². The van der Waals surface area contributed by atoms with Gasteiger partial charge in [-0.2, -0.15) is 0 Å². The van der Waals surface area contributed by atoms with Crippen molar-refractivity contribution in [3.8, 4) is 0 Å². The first-order valence-electron chi connectivity index (χ1n) is 4.70. The second-order valence-corrected chi connectivity index (χ2v) is 4.88. The molecule has 2 heterocycles. The van der Waals surface area contributed by atoms with E-state index in [2.05, 4.69) is 4.98 Å². The standard InChI is InChI=1S/C9H10ClIN2O2/c10-8-7(11)9(14)13(5-12-8)4-6-2-1-3-15-6/h5-6H,1-4H2. The molecule has 1 aliphatic rings. The second kappa shape index (κ2) is 4.80. The van der Waals surface area contributed by atoms with Crippen LogP contribution in [0.3, 0.4) is 0 Å². The van der Waals surface area contributed by atoms with Crippen LogP contribution in [-0.4, -0.2) is 22.3 Å². The molecule has 0 aromatic carbocycles. The zero-order valence-electron chi connectivity index (χ0n) is 7.95. The Balaban J connectivity index is 2.21. The SMILES string of the molecule is O=c1c(I)c(Cl)ncn1CC1CCCO1. The molecular formula is C9H10ClIN2O2. The van der Waals surface area contributed by atoms with Crippen LogP contribution in [0.15, 0.2) is 11.1 Å². The Morgan fingerprint density at radius 2 is 2.53 bits per heavy atom. The summed E-state index contributed by atoms with van der Waals surface area (Å²) in [6.45, 7) is 1.36. The Hall–Kier alpha value is -0.140. The molecule has 0 saturated carbocycles. The summed E-state index contributed by atoms with van der Waals surface area (Å²) >= 11 is 7.65. The van der Waals surface area contributed by atoms with Gasteiger partial charge in [0, 0.05) is 6.61 Å². The lowest BCUT2D eigenvalue weighted by Crippen LogP contribution is -2.28. The molecule has 0 spiro atoms. The molecule has 4 nitrogen and oxygen atoms in total. The molecule has 0 amide bonds. The number of rotatable bonds is 2. The Bertz CT molecular complexity index is 415. The third kappa shape index (κ3) is 2.51. The van der Waals surface area contributed by atoms with E-state index < -0.39 is 0 Å². The molecule has 2 rings (SSSR count). The smallest absolute Gasteiger partial charge is 0.268 e. The first-order chi connectivity index (χ1) is 7.18. The number of ether oxygens (including phenoxy) is 1. The van der Waals surface area contributed by atoms with E-state index in [1.165, 1.54) is 6.33 Å². The van der Waals surface area contributed by atoms with Crippen molar-refractivity contribution in [2.24, 2.45) is 0 Å². The van der Waals surface area contributed by atoms with E-state index in [1.54, 1.807) is 4.57 Å². The number of hydrogen-bond acceptors (Lipinski definition) is 3. The zero-order chi connectivity index (χ0) is 10.8. The average molecular weight is 341 g/mol. The highest BCUT2D eigenvalue weighted by Gasteiger charge is 2.17. The molecule has 1 unspecified atom stereocenters. The van der Waals surface area contributed by atoms with Crippen LogP contribution < -0.4 is 5.56 Å². The number of nitrogens with zero attached hydrogens (tertiary/aromatic N) is 2. The summed E-state index contributed by atoms with van der Waals surface area (Å²) < 4.78 is 7.49. The largest absolute Gasteiger partial charge is 0.376 e. The van der Waals surface area contributed by atoms with Gasteiger partial charge in [0.2, 0.25) is 0 Å². The van der Waals surface area contributed by atoms with E-state index in [4.69, 9.17) is 16.3 Å². The van der Waals surface area contributed by atoms with E-state index in [9.17, 15) is 4.79 Å². The van der Waals surface area contributed by atoms with Crippen molar-refractivity contribution < 1.29 is 4.74 Å². The minimum Gasteiger partial charge on any atom is -0.376 e. The van der Waals surface area contributed by atoms with E-state index in [-0.39, 0.29) is 16.8 Å². The van der Waals surface area contributed by atoms with Gasteiger partial charge in [0.25, 0.3) is 5.56 Å². The van der Waals surface area contributed by atoms with Crippen LogP contribution in [0.1, 0.15) is 12.8 Å². The van der Waals surface area contributed by atoms with Gasteiger partial charge in [0.05, 0.1) is 19.0 Å². The quantitative estimate of drug-likeness (QED) is 0.608. The maximum Gasteiger partial charge on any atom is 0.268 e. The third-order valence-electron chi connectivity index (χ3n) is 2.36. The zero-order valence-corrected chi connectivity index (χ0v) is 10.9. The van der Waals surface area contributed by atoms with Gasteiger partial charge in [0.1, 0.15) is 8.72 Å². The maximum atomic E-state index is 11.8. The summed E-state index contributed by atoms with van der Waals surface area (Å²) in [7, 11) is 0. The Labute approximate surface area is 106 Å². The molecule has 0 aliphatic carbocycles. The molecule has 1 aliphatic heterocycles. The van der Waals surface area contributed by atoms with Crippen LogP contribution in [0.5, 0.6) is 0 Å². The van der Waals surface area contributed by atoms with Gasteiger partial charge < -0.3 is 4.74 Å². The van der Waals surface area contributed by atoms with Crippen molar-refractivity contribution in [1.82, 2.24) is 9.55 Å². The molecule has 1 aromatic rings. The van der Waals surface area contributed by atoms with Gasteiger partial charge in [-0.25, -0.2) is 4.98 Å². The maximum absolute atomic E-state index is 11.8. The second-order valence-electron chi connectivity index (χ2n) is 3.44. The van der Waals surface area contributed by atoms with E-state index in [0.717, 1.165) is 19.4 Å². The highest BCUT2D eigenvalue weighted by Crippen LogP contribution is 2.14. The average Bonchev–Trinajstić information content (AvgIpc) is 2.72. The van der Waals surface area contributed by atoms with Crippen molar-refractivity contribution in [1.29, 1.82) is 0 Å². The van der Waals surface area contributed by atoms with Crippen LogP contribution in [0.2, 0.25) is 5.15 Å². The molecule has 0 bridgehead atoms. The Morgan fingerprint density at radius 1 is 1.73 bits per heavy atom. The Morgan fingerprint density at radius 3 is 3.20 bits per heavy atom. The van der Waals surface area contributed by atoms with Crippen LogP contribution in [0, 0.1) is 3.57 Å². The van der Waals surface area contributed by atoms with Gasteiger partial charge in [-0.05, 0) is 35.4 Å². The van der Waals surface area contributed by atoms with Crippen molar-refractivity contribution >= 4 is 34.2 Å². The molecular weight excluding hydrogens is 330 g/mol. The summed E-state index contributed by atoms with van der Waals surface area (Å²) in [5.41, 5.74) is -0.0916. The van der Waals surface area contributed by atoms with E-state index in [1.807, 2.05) is 22.6 Å². The van der Waals surface area contributed by atoms with Gasteiger partial charge >= 0.3 is 0 Å². The summed E-state index contributed by atoms with van der Waals surface area (Å²) in [6, 6.07) is 0. The minimum atomic E-state index is -0.0916. The fraction of sp³-hybridized carbons (Fsp3) is 0.556. The molecule has 1 atom stereocenters. The van der Waals surface area contributed by atoms with Gasteiger partial charge in [-0.3, -0.25) is 9.36 Å². The molecule has 82 valence electrons. The summed E-state index contributed by atoms with van der Waals surface area (Å²) in [6.07, 6.45) is 3.69. The monoisotopic (exact) mass is 340 g/mol. The van der Waals surface area contributed by atoms with Gasteiger partial charge in [-0.1, -0.05) is 11.6 Å². The molecule has 1 fully saturated rings. The van der Waals surface area contributed by atoms with Crippen LogP contribution in [0.4, 0.5) is 0 Å². The van der Waals surface area contributed by atoms with Crippen LogP contribution >= 0.6 is 34.2 Å². The minimum absolute atomic E-state index is 0.0916. The molecule has 0 radical (unpaired) electrons. The first kappa shape index (κ1) is 11.3. The molecule has 1 saturated heterocycles. The van der Waals surface area contributed by atoms with Gasteiger partial charge in [-0.15, -0.1) is 0 Å². The first-order valence-corrected chi connectivity index (χ1v) is 6.16. The predicted octanol–water partition coefficient (Wildman–Crippen LogP) is 1.68.